The molecule has 0 radical (unpaired) electrons. The fourth-order valence-corrected chi connectivity index (χ4v) is 2.57. The zero-order valence-electron chi connectivity index (χ0n) is 9.02. The molecule has 0 amide bonds. The molecular formula is C11H21NO. The molecule has 1 aliphatic heterocycles. The average molecular weight is 183 g/mol. The second kappa shape index (κ2) is 2.96. The van der Waals surface area contributed by atoms with Crippen LogP contribution in [-0.4, -0.2) is 17.4 Å². The molecule has 1 N–H and O–H groups in total. The maximum atomic E-state index is 6.09. The molecule has 0 aromatic heterocycles. The summed E-state index contributed by atoms with van der Waals surface area (Å²) < 4.78 is 6.09. The highest BCUT2D eigenvalue weighted by Gasteiger charge is 2.48. The van der Waals surface area contributed by atoms with Gasteiger partial charge in [0.2, 0.25) is 0 Å². The number of ether oxygens (including phenoxy) is 1. The third-order valence-corrected chi connectivity index (χ3v) is 3.63. The minimum absolute atomic E-state index is 0.0289. The zero-order valence-corrected chi connectivity index (χ0v) is 9.02. The topological polar surface area (TPSA) is 21.3 Å². The van der Waals surface area contributed by atoms with E-state index in [1.807, 2.05) is 0 Å². The van der Waals surface area contributed by atoms with Gasteiger partial charge >= 0.3 is 0 Å². The first-order valence-corrected chi connectivity index (χ1v) is 5.51. The zero-order chi connectivity index (χ0) is 9.53. The lowest BCUT2D eigenvalue weighted by Gasteiger charge is -2.34. The van der Waals surface area contributed by atoms with E-state index < -0.39 is 0 Å². The van der Waals surface area contributed by atoms with Gasteiger partial charge in [-0.25, -0.2) is 0 Å². The maximum absolute atomic E-state index is 6.09. The monoisotopic (exact) mass is 183 g/mol. The molecule has 1 unspecified atom stereocenters. The number of rotatable bonds is 0. The van der Waals surface area contributed by atoms with Crippen molar-refractivity contribution in [2.45, 2.75) is 70.2 Å². The lowest BCUT2D eigenvalue weighted by atomic mass is 9.90. The second-order valence-electron chi connectivity index (χ2n) is 5.16. The van der Waals surface area contributed by atoms with Crippen LogP contribution < -0.4 is 5.32 Å². The van der Waals surface area contributed by atoms with Gasteiger partial charge in [-0.3, -0.25) is 5.32 Å². The standard InChI is InChI=1S/C11H21NO/c1-9-10(2,3)12-11(13-9)7-5-4-6-8-11/h9,12H,4-8H2,1-3H3. The Labute approximate surface area is 81.0 Å². The quantitative estimate of drug-likeness (QED) is 0.623. The van der Waals surface area contributed by atoms with E-state index in [2.05, 4.69) is 26.1 Å². The molecule has 1 aliphatic carbocycles. The molecule has 0 aromatic rings. The van der Waals surface area contributed by atoms with Crippen LogP contribution in [0.1, 0.15) is 52.9 Å². The van der Waals surface area contributed by atoms with Gasteiger partial charge in [0.25, 0.3) is 0 Å². The number of hydrogen-bond donors (Lipinski definition) is 1. The van der Waals surface area contributed by atoms with Gasteiger partial charge in [0.15, 0.2) is 0 Å². The molecule has 2 heteroatoms. The van der Waals surface area contributed by atoms with Crippen LogP contribution in [0.15, 0.2) is 0 Å². The highest BCUT2D eigenvalue weighted by atomic mass is 16.5. The first-order valence-electron chi connectivity index (χ1n) is 5.51. The summed E-state index contributed by atoms with van der Waals surface area (Å²) in [6.07, 6.45) is 6.74. The summed E-state index contributed by atoms with van der Waals surface area (Å²) in [4.78, 5) is 0. The van der Waals surface area contributed by atoms with Gasteiger partial charge in [-0.15, -0.1) is 0 Å². The van der Waals surface area contributed by atoms with E-state index in [0.29, 0.717) is 6.10 Å². The van der Waals surface area contributed by atoms with Crippen LogP contribution in [0, 0.1) is 0 Å². The van der Waals surface area contributed by atoms with Crippen molar-refractivity contribution in [3.05, 3.63) is 0 Å². The Bertz CT molecular complexity index is 194. The smallest absolute Gasteiger partial charge is 0.120 e. The summed E-state index contributed by atoms with van der Waals surface area (Å²) in [5.74, 6) is 0. The van der Waals surface area contributed by atoms with Crippen molar-refractivity contribution in [1.82, 2.24) is 5.32 Å². The molecule has 76 valence electrons. The summed E-state index contributed by atoms with van der Waals surface area (Å²) in [5.41, 5.74) is 0.179. The fraction of sp³-hybridized carbons (Fsp3) is 1.00. The predicted molar refractivity (Wildman–Crippen MR) is 53.6 cm³/mol. The Morgan fingerprint density at radius 3 is 2.23 bits per heavy atom. The van der Waals surface area contributed by atoms with Gasteiger partial charge in [-0.1, -0.05) is 6.42 Å². The van der Waals surface area contributed by atoms with Crippen LogP contribution in [0.2, 0.25) is 0 Å². The van der Waals surface area contributed by atoms with Crippen molar-refractivity contribution in [2.75, 3.05) is 0 Å². The SMILES string of the molecule is CC1OC2(CCCCC2)NC1(C)C. The van der Waals surface area contributed by atoms with E-state index in [1.54, 1.807) is 0 Å². The Morgan fingerprint density at radius 2 is 1.77 bits per heavy atom. The van der Waals surface area contributed by atoms with Gasteiger partial charge in [0.05, 0.1) is 6.10 Å². The molecule has 1 spiro atoms. The lowest BCUT2D eigenvalue weighted by Crippen LogP contribution is -2.50. The first kappa shape index (κ1) is 9.47. The molecule has 1 saturated heterocycles. The lowest BCUT2D eigenvalue weighted by molar-refractivity contribution is -0.0690. The molecule has 2 fully saturated rings. The minimum atomic E-state index is 0.0289. The van der Waals surface area contributed by atoms with Gasteiger partial charge in [-0.05, 0) is 46.5 Å². The van der Waals surface area contributed by atoms with Crippen molar-refractivity contribution in [3.8, 4) is 0 Å². The van der Waals surface area contributed by atoms with Gasteiger partial charge < -0.3 is 4.74 Å². The molecular weight excluding hydrogens is 162 g/mol. The molecule has 1 atom stereocenters. The first-order chi connectivity index (χ1) is 6.04. The Hall–Kier alpha value is -0.0800. The molecule has 13 heavy (non-hydrogen) atoms. The highest BCUT2D eigenvalue weighted by Crippen LogP contribution is 2.38. The summed E-state index contributed by atoms with van der Waals surface area (Å²) in [6, 6.07) is 0. The van der Waals surface area contributed by atoms with Crippen LogP contribution in [-0.2, 0) is 4.74 Å². The van der Waals surface area contributed by atoms with Crippen LogP contribution in [0.5, 0.6) is 0 Å². The number of hydrogen-bond acceptors (Lipinski definition) is 2. The molecule has 2 aliphatic rings. The van der Waals surface area contributed by atoms with E-state index >= 15 is 0 Å². The van der Waals surface area contributed by atoms with Crippen LogP contribution in [0.4, 0.5) is 0 Å². The van der Waals surface area contributed by atoms with Crippen molar-refractivity contribution >= 4 is 0 Å². The van der Waals surface area contributed by atoms with Crippen LogP contribution in [0.25, 0.3) is 0 Å². The largest absolute Gasteiger partial charge is 0.356 e. The van der Waals surface area contributed by atoms with Crippen molar-refractivity contribution in [3.63, 3.8) is 0 Å². The van der Waals surface area contributed by atoms with Crippen LogP contribution in [0.3, 0.4) is 0 Å². The summed E-state index contributed by atoms with van der Waals surface area (Å²) >= 11 is 0. The summed E-state index contributed by atoms with van der Waals surface area (Å²) in [6.45, 7) is 6.65. The third kappa shape index (κ3) is 1.62. The van der Waals surface area contributed by atoms with Crippen molar-refractivity contribution < 1.29 is 4.74 Å². The average Bonchev–Trinajstić information content (AvgIpc) is 2.23. The van der Waals surface area contributed by atoms with E-state index in [0.717, 1.165) is 0 Å². The third-order valence-electron chi connectivity index (χ3n) is 3.63. The summed E-state index contributed by atoms with van der Waals surface area (Å²) in [5, 5.41) is 3.67. The molecule has 1 saturated carbocycles. The summed E-state index contributed by atoms with van der Waals surface area (Å²) in [7, 11) is 0. The molecule has 0 aromatic carbocycles. The van der Waals surface area contributed by atoms with Gasteiger partial charge in [0, 0.05) is 5.54 Å². The Morgan fingerprint density at radius 1 is 1.15 bits per heavy atom. The van der Waals surface area contributed by atoms with E-state index in [-0.39, 0.29) is 11.3 Å². The van der Waals surface area contributed by atoms with Crippen molar-refractivity contribution in [2.24, 2.45) is 0 Å². The van der Waals surface area contributed by atoms with E-state index in [4.69, 9.17) is 4.74 Å². The van der Waals surface area contributed by atoms with E-state index in [9.17, 15) is 0 Å². The molecule has 0 bridgehead atoms. The number of nitrogens with one attached hydrogen (secondary N) is 1. The van der Waals surface area contributed by atoms with Gasteiger partial charge in [0.1, 0.15) is 5.72 Å². The predicted octanol–water partition coefficient (Wildman–Crippen LogP) is 2.43. The van der Waals surface area contributed by atoms with E-state index in [1.165, 1.54) is 32.1 Å². The Kier molecular flexibility index (Phi) is 2.16. The highest BCUT2D eigenvalue weighted by molar-refractivity contribution is 5.00. The Balaban J connectivity index is 2.10. The molecule has 2 rings (SSSR count). The van der Waals surface area contributed by atoms with Crippen molar-refractivity contribution in [1.29, 1.82) is 0 Å². The maximum Gasteiger partial charge on any atom is 0.120 e. The second-order valence-corrected chi connectivity index (χ2v) is 5.16. The molecule has 2 nitrogen and oxygen atoms in total. The van der Waals surface area contributed by atoms with Gasteiger partial charge in [-0.2, -0.15) is 0 Å². The van der Waals surface area contributed by atoms with Crippen LogP contribution >= 0.6 is 0 Å². The minimum Gasteiger partial charge on any atom is -0.356 e. The fourth-order valence-electron chi connectivity index (χ4n) is 2.57. The normalized spacial score (nSPS) is 36.7. The molecule has 1 heterocycles.